The van der Waals surface area contributed by atoms with Crippen molar-refractivity contribution in [3.05, 3.63) is 0 Å². The number of carbonyl (C=O) groups is 2. The smallest absolute Gasteiger partial charge is 0.393 e. The van der Waals surface area contributed by atoms with Crippen LogP contribution in [0.2, 0.25) is 0 Å². The number of nitrogens with one attached hydrogen (secondary N) is 1. The van der Waals surface area contributed by atoms with Crippen LogP contribution in [-0.2, 0) is 14.3 Å². The van der Waals surface area contributed by atoms with Gasteiger partial charge in [0.1, 0.15) is 5.78 Å². The lowest BCUT2D eigenvalue weighted by atomic mass is 9.47. The summed E-state index contributed by atoms with van der Waals surface area (Å²) in [6.07, 6.45) is 5.18. The van der Waals surface area contributed by atoms with E-state index in [1.807, 2.05) is 5.32 Å². The second-order valence-corrected chi connectivity index (χ2v) is 13.1. The summed E-state index contributed by atoms with van der Waals surface area (Å²) < 4.78 is 42.8. The van der Waals surface area contributed by atoms with Crippen LogP contribution in [0.3, 0.4) is 0 Å². The predicted octanol–water partition coefficient (Wildman–Crippen LogP) is 5.83. The first-order valence-electron chi connectivity index (χ1n) is 14.4. The number of hydrogen-bond acceptors (Lipinski definition) is 4. The molecule has 2 N–H and O–H groups in total. The number of aliphatic hydroxyl groups is 1. The number of aliphatic hydroxyl groups excluding tert-OH is 1. The molecule has 1 amide bonds. The van der Waals surface area contributed by atoms with Crippen LogP contribution in [0.5, 0.6) is 0 Å². The Hall–Kier alpha value is -1.15. The van der Waals surface area contributed by atoms with E-state index < -0.39 is 29.0 Å². The van der Waals surface area contributed by atoms with E-state index in [4.69, 9.17) is 4.74 Å². The molecule has 1 spiro atoms. The van der Waals surface area contributed by atoms with Gasteiger partial charge in [0.15, 0.2) is 0 Å². The summed E-state index contributed by atoms with van der Waals surface area (Å²) in [6.45, 7) is 6.63. The molecule has 0 aliphatic heterocycles. The molecule has 4 aliphatic carbocycles. The Morgan fingerprint density at radius 2 is 1.70 bits per heavy atom. The van der Waals surface area contributed by atoms with Crippen LogP contribution in [0.25, 0.3) is 0 Å². The molecule has 0 aromatic heterocycles. The number of methoxy groups -OCH3 is 1. The van der Waals surface area contributed by atoms with Crippen molar-refractivity contribution in [1.29, 1.82) is 0 Å². The maximum atomic E-state index is 14.5. The first-order valence-corrected chi connectivity index (χ1v) is 14.4. The molecule has 0 heterocycles. The minimum absolute atomic E-state index is 0.0351. The molecule has 4 saturated carbocycles. The van der Waals surface area contributed by atoms with Gasteiger partial charge in [-0.25, -0.2) is 0 Å². The summed E-state index contributed by atoms with van der Waals surface area (Å²) in [5.74, 6) is -0.449. The Morgan fingerprint density at radius 3 is 2.35 bits per heavy atom. The van der Waals surface area contributed by atoms with Crippen LogP contribution < -0.4 is 5.32 Å². The molecule has 4 aliphatic rings. The highest BCUT2D eigenvalue weighted by Gasteiger charge is 2.77. The number of ketones is 1. The monoisotopic (exact) mass is 529 g/mol. The molecule has 9 atom stereocenters. The first kappa shape index (κ1) is 28.8. The minimum atomic E-state index is -4.82. The van der Waals surface area contributed by atoms with Crippen LogP contribution in [0.1, 0.15) is 97.8 Å². The summed E-state index contributed by atoms with van der Waals surface area (Å²) in [5, 5.41) is 13.5. The van der Waals surface area contributed by atoms with Gasteiger partial charge >= 0.3 is 12.1 Å². The van der Waals surface area contributed by atoms with E-state index in [-0.39, 0.29) is 35.8 Å². The van der Waals surface area contributed by atoms with Crippen molar-refractivity contribution < 1.29 is 32.6 Å². The number of hydrogen-bond donors (Lipinski definition) is 2. The van der Waals surface area contributed by atoms with Gasteiger partial charge in [0, 0.05) is 24.5 Å². The van der Waals surface area contributed by atoms with Gasteiger partial charge in [-0.05, 0) is 74.0 Å². The number of alkyl halides is 3. The predicted molar refractivity (Wildman–Crippen MR) is 135 cm³/mol. The Kier molecular flexibility index (Phi) is 8.14. The van der Waals surface area contributed by atoms with Crippen LogP contribution in [-0.4, -0.2) is 48.8 Å². The number of ether oxygens (including phenoxy) is 1. The minimum Gasteiger partial charge on any atom is -0.393 e. The molecule has 0 aromatic carbocycles. The van der Waals surface area contributed by atoms with Crippen LogP contribution in [0, 0.1) is 39.9 Å². The highest BCUT2D eigenvalue weighted by Crippen LogP contribution is 2.77. The second kappa shape index (κ2) is 10.4. The molecule has 0 aromatic rings. The highest BCUT2D eigenvalue weighted by molar-refractivity contribution is 5.92. The maximum absolute atomic E-state index is 14.5. The van der Waals surface area contributed by atoms with Gasteiger partial charge in [0.2, 0.25) is 0 Å². The van der Waals surface area contributed by atoms with Crippen molar-refractivity contribution in [1.82, 2.24) is 5.32 Å². The van der Waals surface area contributed by atoms with Gasteiger partial charge in [-0.1, -0.05) is 52.9 Å². The van der Waals surface area contributed by atoms with E-state index in [9.17, 15) is 27.9 Å². The Morgan fingerprint density at radius 1 is 1.08 bits per heavy atom. The fourth-order valence-corrected chi connectivity index (χ4v) is 9.58. The van der Waals surface area contributed by atoms with Crippen LogP contribution in [0.15, 0.2) is 0 Å². The lowest BCUT2D eigenvalue weighted by Crippen LogP contribution is -2.58. The summed E-state index contributed by atoms with van der Waals surface area (Å²) in [4.78, 5) is 25.4. The Labute approximate surface area is 219 Å². The average molecular weight is 530 g/mol. The topological polar surface area (TPSA) is 75.6 Å². The van der Waals surface area contributed by atoms with Crippen molar-refractivity contribution in [3.8, 4) is 0 Å². The normalized spacial score (nSPS) is 43.0. The van der Waals surface area contributed by atoms with Crippen molar-refractivity contribution >= 4 is 11.7 Å². The molecule has 212 valence electrons. The molecule has 0 radical (unpaired) electrons. The lowest BCUT2D eigenvalue weighted by molar-refractivity contribution is -0.173. The second-order valence-electron chi connectivity index (χ2n) is 13.1. The SMILES string of the molecule is COC1C2C3C(C)CCC24CCC1C4(C)C(=O)C(C)(CCCCCCCCNC(=O)C(F)(F)F)CC3O. The maximum Gasteiger partial charge on any atom is 0.471 e. The number of halogens is 3. The highest BCUT2D eigenvalue weighted by atomic mass is 19.4. The standard InChI is InChI=1S/C29H46F3NO4/c1-18-11-14-28-15-12-19-23(37-4)22(28)21(18)20(34)17-26(2,24(35)27(19,28)3)13-9-7-5-6-8-10-16-33-25(36)29(30,31)32/h18-23,34H,5-17H2,1-4H3,(H,33,36). The molecular formula is C29H46F3NO4. The van der Waals surface area contributed by atoms with E-state index in [2.05, 4.69) is 20.8 Å². The third-order valence-electron chi connectivity index (χ3n) is 11.3. The Bertz CT molecular complexity index is 865. The molecule has 4 rings (SSSR count). The van der Waals surface area contributed by atoms with Gasteiger partial charge in [0.05, 0.1) is 12.2 Å². The molecule has 9 unspecified atom stereocenters. The largest absolute Gasteiger partial charge is 0.471 e. The van der Waals surface area contributed by atoms with Gasteiger partial charge in [0.25, 0.3) is 0 Å². The zero-order valence-electron chi connectivity index (χ0n) is 23.0. The van der Waals surface area contributed by atoms with Crippen molar-refractivity contribution in [3.63, 3.8) is 0 Å². The van der Waals surface area contributed by atoms with Gasteiger partial charge in [-0.3, -0.25) is 9.59 Å². The fraction of sp³-hybridized carbons (Fsp3) is 0.931. The van der Waals surface area contributed by atoms with Crippen LogP contribution in [0.4, 0.5) is 13.2 Å². The van der Waals surface area contributed by atoms with E-state index in [0.29, 0.717) is 24.5 Å². The molecule has 5 bridgehead atoms. The van der Waals surface area contributed by atoms with Gasteiger partial charge < -0.3 is 15.2 Å². The van der Waals surface area contributed by atoms with E-state index in [0.717, 1.165) is 64.2 Å². The van der Waals surface area contributed by atoms with Crippen molar-refractivity contribution in [2.75, 3.05) is 13.7 Å². The third-order valence-corrected chi connectivity index (χ3v) is 11.3. The number of Topliss-reactive ketones (excluding diaryl/α,β-unsaturated/α-hetero) is 1. The quantitative estimate of drug-likeness (QED) is 0.349. The molecule has 4 fully saturated rings. The summed E-state index contributed by atoms with van der Waals surface area (Å²) in [7, 11) is 1.79. The fourth-order valence-electron chi connectivity index (χ4n) is 9.58. The number of carbonyl (C=O) groups excluding carboxylic acids is 2. The lowest BCUT2D eigenvalue weighted by Gasteiger charge is -2.57. The van der Waals surface area contributed by atoms with E-state index in [1.165, 1.54) is 0 Å². The zero-order chi connectivity index (χ0) is 27.2. The third kappa shape index (κ3) is 4.66. The average Bonchev–Trinajstić information content (AvgIpc) is 3.24. The van der Waals surface area contributed by atoms with Gasteiger partial charge in [-0.15, -0.1) is 0 Å². The van der Waals surface area contributed by atoms with Crippen LogP contribution >= 0.6 is 0 Å². The van der Waals surface area contributed by atoms with E-state index in [1.54, 1.807) is 7.11 Å². The molecule has 8 heteroatoms. The molecule has 5 nitrogen and oxygen atoms in total. The van der Waals surface area contributed by atoms with Gasteiger partial charge in [-0.2, -0.15) is 13.2 Å². The van der Waals surface area contributed by atoms with E-state index >= 15 is 0 Å². The summed E-state index contributed by atoms with van der Waals surface area (Å²) in [5.41, 5.74) is -1.02. The molecule has 0 saturated heterocycles. The van der Waals surface area contributed by atoms with Crippen molar-refractivity contribution in [2.24, 2.45) is 39.9 Å². The first-order chi connectivity index (χ1) is 17.3. The van der Waals surface area contributed by atoms with Crippen molar-refractivity contribution in [2.45, 2.75) is 116 Å². The summed E-state index contributed by atoms with van der Waals surface area (Å²) >= 11 is 0. The molecule has 37 heavy (non-hydrogen) atoms. The number of rotatable bonds is 10. The Balaban J connectivity index is 1.35. The zero-order valence-corrected chi connectivity index (χ0v) is 23.0. The number of amides is 1. The summed E-state index contributed by atoms with van der Waals surface area (Å²) in [6, 6.07) is 0. The number of unbranched alkanes of at least 4 members (excludes halogenated alkanes) is 5. The molecular weight excluding hydrogens is 483 g/mol.